The summed E-state index contributed by atoms with van der Waals surface area (Å²) in [6.07, 6.45) is -2.03. The first kappa shape index (κ1) is 23.4. The van der Waals surface area contributed by atoms with Crippen LogP contribution in [0.4, 0.5) is 13.2 Å². The zero-order valence-corrected chi connectivity index (χ0v) is 18.8. The summed E-state index contributed by atoms with van der Waals surface area (Å²) in [7, 11) is 0. The van der Waals surface area contributed by atoms with Crippen LogP contribution in [-0.2, 0) is 12.1 Å². The maximum absolute atomic E-state index is 13.4. The minimum atomic E-state index is -4.89. The zero-order chi connectivity index (χ0) is 24.8. The van der Waals surface area contributed by atoms with Gasteiger partial charge in [0.15, 0.2) is 5.82 Å². The molecule has 0 saturated heterocycles. The Hall–Kier alpha value is -3.71. The quantitative estimate of drug-likeness (QED) is 0.623. The first-order valence-electron chi connectivity index (χ1n) is 10.6. The molecule has 1 aromatic carbocycles. The van der Waals surface area contributed by atoms with Crippen molar-refractivity contribution in [1.29, 1.82) is 5.26 Å². The number of alkyl halides is 3. The molecule has 3 heterocycles. The molecule has 1 aliphatic heterocycles. The minimum absolute atomic E-state index is 0.0536. The van der Waals surface area contributed by atoms with Gasteiger partial charge in [-0.05, 0) is 44.5 Å². The first-order chi connectivity index (χ1) is 15.9. The maximum Gasteiger partial charge on any atom is 0.424 e. The van der Waals surface area contributed by atoms with Gasteiger partial charge in [0.25, 0.3) is 5.91 Å². The van der Waals surface area contributed by atoms with Crippen LogP contribution in [0.3, 0.4) is 0 Å². The number of carbonyl (C=O) groups is 1. The van der Waals surface area contributed by atoms with Gasteiger partial charge in [-0.25, -0.2) is 4.98 Å². The van der Waals surface area contributed by atoms with Crippen molar-refractivity contribution in [3.8, 4) is 17.3 Å². The van der Waals surface area contributed by atoms with E-state index < -0.39 is 23.6 Å². The Bertz CT molecular complexity index is 1290. The molecule has 0 aliphatic carbocycles. The number of carbonyl (C=O) groups excluding carboxylic acids is 1. The number of fused-ring (bicyclic) bond motifs is 1. The Morgan fingerprint density at radius 1 is 1.21 bits per heavy atom. The Balaban J connectivity index is 1.64. The molecular weight excluding hydrogens is 447 g/mol. The highest BCUT2D eigenvalue weighted by Gasteiger charge is 2.55. The Labute approximate surface area is 194 Å². The molecule has 10 heteroatoms. The van der Waals surface area contributed by atoms with Crippen molar-refractivity contribution in [3.63, 3.8) is 0 Å². The van der Waals surface area contributed by atoms with Crippen LogP contribution in [-0.4, -0.2) is 43.2 Å². The third-order valence-electron chi connectivity index (χ3n) is 6.07. The third kappa shape index (κ3) is 3.92. The lowest BCUT2D eigenvalue weighted by atomic mass is 10.0. The van der Waals surface area contributed by atoms with Crippen molar-refractivity contribution < 1.29 is 23.1 Å². The van der Waals surface area contributed by atoms with E-state index in [4.69, 9.17) is 5.26 Å². The summed E-state index contributed by atoms with van der Waals surface area (Å²) in [5.74, 6) is -0.768. The SMILES string of the molecule is Cc1cnc(-c2ccc(C#N)cc2)cc1C(=O)N1Cc2cnc([C@@](C)(O)C(F)(F)F)n2[C@@H](C)C1. The molecule has 0 radical (unpaired) electrons. The predicted molar refractivity (Wildman–Crippen MR) is 116 cm³/mol. The standard InChI is InChI=1S/C24H22F3N5O2/c1-14-10-29-20(17-6-4-16(9-28)5-7-17)8-19(14)21(33)31-12-15(2)32-18(13-31)11-30-22(32)23(3,34)24(25,26)27/h4-8,10-11,15,34H,12-13H2,1-3H3/t15-,23+/m0/s1. The van der Waals surface area contributed by atoms with E-state index >= 15 is 0 Å². The highest BCUT2D eigenvalue weighted by Crippen LogP contribution is 2.40. The number of hydrogen-bond acceptors (Lipinski definition) is 5. The van der Waals surface area contributed by atoms with Crippen molar-refractivity contribution in [2.24, 2.45) is 0 Å². The van der Waals surface area contributed by atoms with Crippen LogP contribution < -0.4 is 0 Å². The summed E-state index contributed by atoms with van der Waals surface area (Å²) < 4.78 is 41.5. The fourth-order valence-corrected chi connectivity index (χ4v) is 4.11. The zero-order valence-electron chi connectivity index (χ0n) is 18.8. The normalized spacial score (nSPS) is 17.6. The lowest BCUT2D eigenvalue weighted by Gasteiger charge is -2.36. The highest BCUT2D eigenvalue weighted by atomic mass is 19.4. The van der Waals surface area contributed by atoms with Crippen molar-refractivity contribution >= 4 is 5.91 Å². The lowest BCUT2D eigenvalue weighted by molar-refractivity contribution is -0.263. The van der Waals surface area contributed by atoms with Crippen LogP contribution in [0, 0.1) is 18.3 Å². The van der Waals surface area contributed by atoms with Crippen LogP contribution in [0.1, 0.15) is 52.9 Å². The molecule has 1 amide bonds. The Morgan fingerprint density at radius 2 is 1.88 bits per heavy atom. The number of hydrogen-bond donors (Lipinski definition) is 1. The second-order valence-electron chi connectivity index (χ2n) is 8.62. The van der Waals surface area contributed by atoms with Crippen molar-refractivity contribution in [1.82, 2.24) is 19.4 Å². The molecule has 0 saturated carbocycles. The highest BCUT2D eigenvalue weighted by molar-refractivity contribution is 5.96. The van der Waals surface area contributed by atoms with Gasteiger partial charge in [-0.1, -0.05) is 12.1 Å². The molecule has 2 atom stereocenters. The van der Waals surface area contributed by atoms with Crippen LogP contribution in [0.25, 0.3) is 11.3 Å². The fourth-order valence-electron chi connectivity index (χ4n) is 4.11. The number of aryl methyl sites for hydroxylation is 1. The average Bonchev–Trinajstić information content (AvgIpc) is 3.24. The molecule has 3 aromatic rings. The summed E-state index contributed by atoms with van der Waals surface area (Å²) in [4.78, 5) is 23.2. The fraction of sp³-hybridized carbons (Fsp3) is 0.333. The van der Waals surface area contributed by atoms with E-state index in [0.29, 0.717) is 35.0 Å². The second kappa shape index (κ2) is 8.25. The molecule has 176 valence electrons. The molecule has 0 spiro atoms. The van der Waals surface area contributed by atoms with Crippen LogP contribution in [0.15, 0.2) is 42.7 Å². The predicted octanol–water partition coefficient (Wildman–Crippen LogP) is 4.11. The number of imidazole rings is 1. The number of pyridine rings is 1. The Morgan fingerprint density at radius 3 is 2.50 bits per heavy atom. The van der Waals surface area contributed by atoms with E-state index in [1.807, 2.05) is 0 Å². The van der Waals surface area contributed by atoms with Gasteiger partial charge in [0.1, 0.15) is 0 Å². The van der Waals surface area contributed by atoms with Gasteiger partial charge < -0.3 is 14.6 Å². The molecular formula is C24H22F3N5O2. The molecule has 2 aromatic heterocycles. The van der Waals surface area contributed by atoms with Crippen molar-refractivity contribution in [3.05, 3.63) is 70.9 Å². The van der Waals surface area contributed by atoms with E-state index in [2.05, 4.69) is 16.0 Å². The summed E-state index contributed by atoms with van der Waals surface area (Å²) in [6, 6.07) is 10.0. The number of aliphatic hydroxyl groups is 1. The van der Waals surface area contributed by atoms with Gasteiger partial charge in [-0.15, -0.1) is 0 Å². The molecule has 0 bridgehead atoms. The van der Waals surface area contributed by atoms with Gasteiger partial charge in [0.2, 0.25) is 5.60 Å². The van der Waals surface area contributed by atoms with E-state index in [0.717, 1.165) is 5.56 Å². The number of aromatic nitrogens is 3. The minimum Gasteiger partial charge on any atom is -0.374 e. The molecule has 1 aliphatic rings. The monoisotopic (exact) mass is 469 g/mol. The van der Waals surface area contributed by atoms with E-state index in [1.54, 1.807) is 55.3 Å². The Kier molecular flexibility index (Phi) is 5.69. The summed E-state index contributed by atoms with van der Waals surface area (Å²) in [5, 5.41) is 19.1. The summed E-state index contributed by atoms with van der Waals surface area (Å²) in [6.45, 7) is 4.33. The number of amides is 1. The number of halogens is 3. The van der Waals surface area contributed by atoms with Crippen LogP contribution in [0.2, 0.25) is 0 Å². The van der Waals surface area contributed by atoms with Crippen LogP contribution in [0.5, 0.6) is 0 Å². The molecule has 4 rings (SSSR count). The van der Waals surface area contributed by atoms with Crippen molar-refractivity contribution in [2.75, 3.05) is 6.54 Å². The number of nitrogens with zero attached hydrogens (tertiary/aromatic N) is 5. The molecule has 7 nitrogen and oxygen atoms in total. The first-order valence-corrected chi connectivity index (χ1v) is 10.6. The smallest absolute Gasteiger partial charge is 0.374 e. The molecule has 34 heavy (non-hydrogen) atoms. The molecule has 1 N–H and O–H groups in total. The second-order valence-corrected chi connectivity index (χ2v) is 8.62. The summed E-state index contributed by atoms with van der Waals surface area (Å²) >= 11 is 0. The van der Waals surface area contributed by atoms with Gasteiger partial charge in [-0.3, -0.25) is 9.78 Å². The van der Waals surface area contributed by atoms with E-state index in [1.165, 1.54) is 10.8 Å². The van der Waals surface area contributed by atoms with Gasteiger partial charge in [0, 0.05) is 23.9 Å². The average molecular weight is 469 g/mol. The molecule has 0 fully saturated rings. The van der Waals surface area contributed by atoms with Gasteiger partial charge >= 0.3 is 6.18 Å². The van der Waals surface area contributed by atoms with E-state index in [-0.39, 0.29) is 19.0 Å². The van der Waals surface area contributed by atoms with Crippen LogP contribution >= 0.6 is 0 Å². The largest absolute Gasteiger partial charge is 0.424 e. The van der Waals surface area contributed by atoms with Gasteiger partial charge in [-0.2, -0.15) is 18.4 Å². The third-order valence-corrected chi connectivity index (χ3v) is 6.07. The maximum atomic E-state index is 13.4. The molecule has 0 unspecified atom stereocenters. The van der Waals surface area contributed by atoms with E-state index in [9.17, 15) is 23.1 Å². The summed E-state index contributed by atoms with van der Waals surface area (Å²) in [5.41, 5.74) is 0.213. The number of nitriles is 1. The number of benzene rings is 1. The number of rotatable bonds is 3. The lowest BCUT2D eigenvalue weighted by Crippen LogP contribution is -2.45. The van der Waals surface area contributed by atoms with Crippen molar-refractivity contribution in [2.45, 2.75) is 45.1 Å². The topological polar surface area (TPSA) is 95.0 Å². The van der Waals surface area contributed by atoms with Gasteiger partial charge in [0.05, 0.1) is 41.8 Å².